The van der Waals surface area contributed by atoms with Gasteiger partial charge in [-0.25, -0.2) is 0 Å². The molecule has 1 heterocycles. The van der Waals surface area contributed by atoms with Crippen molar-refractivity contribution in [3.8, 4) is 0 Å². The van der Waals surface area contributed by atoms with Crippen LogP contribution < -0.4 is 10.6 Å². The minimum atomic E-state index is -0.163. The lowest BCUT2D eigenvalue weighted by molar-refractivity contribution is 0.762. The monoisotopic (exact) mass is 300 g/mol. The maximum atomic E-state index is 2.32. The van der Waals surface area contributed by atoms with E-state index in [0.29, 0.717) is 0 Å². The van der Waals surface area contributed by atoms with E-state index in [2.05, 4.69) is 60.7 Å². The van der Waals surface area contributed by atoms with Gasteiger partial charge >= 0.3 is 0 Å². The molecule has 0 aromatic heterocycles. The van der Waals surface area contributed by atoms with E-state index in [0.717, 1.165) is 5.66 Å². The van der Waals surface area contributed by atoms with Crippen LogP contribution in [0.3, 0.4) is 0 Å². The molecule has 104 valence electrons. The lowest BCUT2D eigenvalue weighted by Crippen LogP contribution is -2.15. The van der Waals surface area contributed by atoms with E-state index in [4.69, 9.17) is 0 Å². The van der Waals surface area contributed by atoms with Gasteiger partial charge in [-0.15, -0.1) is 8.58 Å². The molecule has 1 unspecified atom stereocenters. The van der Waals surface area contributed by atoms with Crippen LogP contribution in [0.15, 0.2) is 60.7 Å². The summed E-state index contributed by atoms with van der Waals surface area (Å²) in [5.74, 6) is 0. The topological polar surface area (TPSA) is 0 Å². The highest BCUT2D eigenvalue weighted by molar-refractivity contribution is 7.73. The zero-order valence-corrected chi connectivity index (χ0v) is 13.7. The van der Waals surface area contributed by atoms with Gasteiger partial charge in [-0.05, 0) is 55.8 Å². The Bertz CT molecular complexity index is 464. The lowest BCUT2D eigenvalue weighted by Gasteiger charge is -2.20. The van der Waals surface area contributed by atoms with Gasteiger partial charge in [0.05, 0.1) is 0 Å². The fourth-order valence-electron chi connectivity index (χ4n) is 2.91. The minimum absolute atomic E-state index is 0.163. The average molecular weight is 300 g/mol. The Morgan fingerprint density at radius 3 is 2.00 bits per heavy atom. The van der Waals surface area contributed by atoms with Gasteiger partial charge in [-0.3, -0.25) is 0 Å². The smallest absolute Gasteiger partial charge is 0.0195 e. The molecular formula is C18H22P2. The molecule has 1 aliphatic rings. The van der Waals surface area contributed by atoms with Crippen LogP contribution in [0, 0.1) is 0 Å². The Morgan fingerprint density at radius 1 is 0.900 bits per heavy atom. The Balaban J connectivity index is 1.76. The van der Waals surface area contributed by atoms with Gasteiger partial charge < -0.3 is 0 Å². The van der Waals surface area contributed by atoms with Crippen LogP contribution in [0.1, 0.15) is 19.3 Å². The summed E-state index contributed by atoms with van der Waals surface area (Å²) in [7, 11) is 1.06. The second-order valence-electron chi connectivity index (χ2n) is 5.40. The molecule has 0 amide bonds. The molecule has 0 saturated carbocycles. The van der Waals surface area contributed by atoms with Crippen LogP contribution in [0.4, 0.5) is 0 Å². The van der Waals surface area contributed by atoms with Crippen molar-refractivity contribution in [3.05, 3.63) is 60.7 Å². The predicted octanol–water partition coefficient (Wildman–Crippen LogP) is 4.35. The quantitative estimate of drug-likeness (QED) is 0.720. The second-order valence-corrected chi connectivity index (χ2v) is 9.47. The first-order chi connectivity index (χ1) is 9.93. The molecule has 0 bridgehead atoms. The Morgan fingerprint density at radius 2 is 1.50 bits per heavy atom. The number of hydrogen-bond acceptors (Lipinski definition) is 0. The van der Waals surface area contributed by atoms with Gasteiger partial charge in [0.1, 0.15) is 0 Å². The molecule has 2 aromatic carbocycles. The average Bonchev–Trinajstić information content (AvgIpc) is 3.03. The summed E-state index contributed by atoms with van der Waals surface area (Å²) in [4.78, 5) is 0. The van der Waals surface area contributed by atoms with Crippen molar-refractivity contribution >= 4 is 27.1 Å². The Kier molecular flexibility index (Phi) is 5.23. The molecule has 2 aromatic rings. The van der Waals surface area contributed by atoms with Gasteiger partial charge in [0.15, 0.2) is 0 Å². The van der Waals surface area contributed by atoms with Crippen LogP contribution in [0.25, 0.3) is 0 Å². The van der Waals surface area contributed by atoms with E-state index < -0.39 is 0 Å². The third kappa shape index (κ3) is 3.69. The Labute approximate surface area is 125 Å². The maximum absolute atomic E-state index is 2.32. The molecule has 0 nitrogen and oxygen atoms in total. The maximum Gasteiger partial charge on any atom is -0.0195 e. The summed E-state index contributed by atoms with van der Waals surface area (Å²) in [6.07, 6.45) is 7.22. The molecule has 1 saturated heterocycles. The van der Waals surface area contributed by atoms with Gasteiger partial charge in [-0.2, -0.15) is 0 Å². The van der Waals surface area contributed by atoms with E-state index in [-0.39, 0.29) is 7.92 Å². The molecule has 1 fully saturated rings. The summed E-state index contributed by atoms with van der Waals surface area (Å²) >= 11 is 0. The van der Waals surface area contributed by atoms with Gasteiger partial charge in [-0.1, -0.05) is 60.7 Å². The summed E-state index contributed by atoms with van der Waals surface area (Å²) in [6.45, 7) is 0. The van der Waals surface area contributed by atoms with Gasteiger partial charge in [0.2, 0.25) is 0 Å². The molecule has 0 spiro atoms. The first kappa shape index (κ1) is 14.2. The SMILES string of the molecule is c1ccc(P(CC[C@@H]2CCCP2)c2ccccc2)cc1. The molecule has 1 aliphatic heterocycles. The van der Waals surface area contributed by atoms with Crippen molar-refractivity contribution in [3.63, 3.8) is 0 Å². The number of hydrogen-bond donors (Lipinski definition) is 0. The van der Waals surface area contributed by atoms with Crippen LogP contribution >= 0.6 is 16.5 Å². The van der Waals surface area contributed by atoms with Crippen LogP contribution in [-0.4, -0.2) is 18.0 Å². The van der Waals surface area contributed by atoms with Crippen molar-refractivity contribution in [2.24, 2.45) is 0 Å². The molecule has 0 N–H and O–H groups in total. The highest BCUT2D eigenvalue weighted by Gasteiger charge is 2.19. The highest BCUT2D eigenvalue weighted by atomic mass is 31.1. The van der Waals surface area contributed by atoms with Gasteiger partial charge in [0.25, 0.3) is 0 Å². The summed E-state index contributed by atoms with van der Waals surface area (Å²) < 4.78 is 0. The lowest BCUT2D eigenvalue weighted by atomic mass is 10.2. The van der Waals surface area contributed by atoms with Crippen molar-refractivity contribution in [1.29, 1.82) is 0 Å². The number of benzene rings is 2. The highest BCUT2D eigenvalue weighted by Crippen LogP contribution is 2.40. The molecule has 2 heteroatoms. The third-order valence-electron chi connectivity index (χ3n) is 4.00. The predicted molar refractivity (Wildman–Crippen MR) is 94.8 cm³/mol. The minimum Gasteiger partial charge on any atom is -0.119 e. The molecular weight excluding hydrogens is 278 g/mol. The largest absolute Gasteiger partial charge is 0.119 e. The van der Waals surface area contributed by atoms with Crippen molar-refractivity contribution < 1.29 is 0 Å². The zero-order valence-electron chi connectivity index (χ0n) is 11.8. The fourth-order valence-corrected chi connectivity index (χ4v) is 7.18. The summed E-state index contributed by atoms with van der Waals surface area (Å²) in [5.41, 5.74) is 1.02. The van der Waals surface area contributed by atoms with E-state index in [1.165, 1.54) is 50.8 Å². The molecule has 0 aliphatic carbocycles. The molecule has 3 rings (SSSR count). The van der Waals surface area contributed by atoms with E-state index in [1.54, 1.807) is 0 Å². The molecule has 2 atom stereocenters. The van der Waals surface area contributed by atoms with E-state index >= 15 is 0 Å². The summed E-state index contributed by atoms with van der Waals surface area (Å²) in [6, 6.07) is 22.3. The normalized spacial score (nSPS) is 19.8. The molecule has 20 heavy (non-hydrogen) atoms. The van der Waals surface area contributed by atoms with E-state index in [9.17, 15) is 0 Å². The van der Waals surface area contributed by atoms with Crippen molar-refractivity contribution in [2.45, 2.75) is 24.9 Å². The van der Waals surface area contributed by atoms with Crippen molar-refractivity contribution in [1.82, 2.24) is 0 Å². The van der Waals surface area contributed by atoms with E-state index in [1.807, 2.05) is 0 Å². The first-order valence-electron chi connectivity index (χ1n) is 7.54. The fraction of sp³-hybridized carbons (Fsp3) is 0.333. The van der Waals surface area contributed by atoms with Crippen LogP contribution in [0.5, 0.6) is 0 Å². The summed E-state index contributed by atoms with van der Waals surface area (Å²) in [5, 5.41) is 3.07. The molecule has 0 radical (unpaired) electrons. The first-order valence-corrected chi connectivity index (χ1v) is 10.4. The van der Waals surface area contributed by atoms with Crippen LogP contribution in [0.2, 0.25) is 0 Å². The number of rotatable bonds is 5. The third-order valence-corrected chi connectivity index (χ3v) is 8.34. The van der Waals surface area contributed by atoms with Gasteiger partial charge in [0, 0.05) is 0 Å². The van der Waals surface area contributed by atoms with Crippen molar-refractivity contribution in [2.75, 3.05) is 12.3 Å². The zero-order chi connectivity index (χ0) is 13.6. The second kappa shape index (κ2) is 7.35. The van der Waals surface area contributed by atoms with Crippen LogP contribution in [-0.2, 0) is 0 Å². The standard InChI is InChI=1S/C18H22P2/c1-3-9-17(10-4-1)20(18-11-5-2-6-12-18)15-13-16-8-7-14-19-16/h1-6,9-12,16,19H,7-8,13-15H2/t16-/m0/s1. The Hall–Kier alpha value is -0.700.